The van der Waals surface area contributed by atoms with Gasteiger partial charge in [0.25, 0.3) is 0 Å². The van der Waals surface area contributed by atoms with Crippen molar-refractivity contribution in [2.24, 2.45) is 0 Å². The first-order valence-corrected chi connectivity index (χ1v) is 11.6. The highest BCUT2D eigenvalue weighted by molar-refractivity contribution is 7.12. The van der Waals surface area contributed by atoms with Crippen LogP contribution in [0.2, 0.25) is 0 Å². The molecular formula is C24H25N3O4S. The number of ketones is 1. The summed E-state index contributed by atoms with van der Waals surface area (Å²) in [5.74, 6) is -0.0731. The molecule has 0 spiro atoms. The number of nitrogens with zero attached hydrogens (tertiary/aromatic N) is 3. The van der Waals surface area contributed by atoms with Gasteiger partial charge in [0.1, 0.15) is 12.2 Å². The van der Waals surface area contributed by atoms with Crippen LogP contribution in [0.25, 0.3) is 6.08 Å². The van der Waals surface area contributed by atoms with Crippen molar-refractivity contribution >= 4 is 29.3 Å². The van der Waals surface area contributed by atoms with E-state index in [0.29, 0.717) is 31.4 Å². The minimum Gasteiger partial charge on any atom is -0.446 e. The van der Waals surface area contributed by atoms with Gasteiger partial charge >= 0.3 is 6.09 Å². The largest absolute Gasteiger partial charge is 0.446 e. The van der Waals surface area contributed by atoms with E-state index in [1.54, 1.807) is 23.4 Å². The first kappa shape index (κ1) is 22.2. The molecule has 8 heteroatoms. The van der Waals surface area contributed by atoms with Crippen molar-refractivity contribution in [2.75, 3.05) is 13.2 Å². The predicted octanol–water partition coefficient (Wildman–Crippen LogP) is 3.29. The number of hydrogen-bond acceptors (Lipinski definition) is 7. The number of thiophene rings is 1. The Morgan fingerprint density at radius 2 is 2.28 bits per heavy atom. The van der Waals surface area contributed by atoms with Crippen molar-refractivity contribution in [3.05, 3.63) is 57.0 Å². The van der Waals surface area contributed by atoms with Crippen LogP contribution in [0.3, 0.4) is 0 Å². The molecule has 1 N–H and O–H groups in total. The van der Waals surface area contributed by atoms with Crippen LogP contribution in [0.15, 0.2) is 30.6 Å². The van der Waals surface area contributed by atoms with E-state index in [0.717, 1.165) is 33.7 Å². The molecule has 3 heterocycles. The second-order valence-electron chi connectivity index (χ2n) is 8.10. The summed E-state index contributed by atoms with van der Waals surface area (Å²) < 4.78 is 5.73. The number of pyridine rings is 1. The number of rotatable bonds is 6. The fraction of sp³-hybridized carbons (Fsp3) is 0.417. The number of nitriles is 1. The molecule has 1 fully saturated rings. The molecule has 166 valence electrons. The maximum Gasteiger partial charge on any atom is 0.410 e. The number of ether oxygens (including phenoxy) is 1. The van der Waals surface area contributed by atoms with Crippen LogP contribution >= 0.6 is 11.3 Å². The average molecular weight is 452 g/mol. The van der Waals surface area contributed by atoms with E-state index in [2.05, 4.69) is 11.1 Å². The molecule has 0 saturated carbocycles. The van der Waals surface area contributed by atoms with E-state index in [1.165, 1.54) is 17.4 Å². The Balaban J connectivity index is 1.41. The van der Waals surface area contributed by atoms with Crippen LogP contribution in [-0.4, -0.2) is 52.2 Å². The van der Waals surface area contributed by atoms with Crippen LogP contribution in [0.4, 0.5) is 4.79 Å². The molecule has 7 nitrogen and oxygen atoms in total. The number of likely N-dealkylation sites (tertiary alicyclic amines) is 1. The monoisotopic (exact) mass is 451 g/mol. The Hall–Kier alpha value is -3.02. The number of fused-ring (bicyclic) bond motifs is 1. The second kappa shape index (κ2) is 10.1. The summed E-state index contributed by atoms with van der Waals surface area (Å²) in [5, 5.41) is 19.1. The smallest absolute Gasteiger partial charge is 0.410 e. The molecule has 2 aromatic rings. The number of carbonyl (C=O) groups is 2. The molecule has 2 atom stereocenters. The first-order chi connectivity index (χ1) is 15.6. The summed E-state index contributed by atoms with van der Waals surface area (Å²) in [5.41, 5.74) is 2.42. The zero-order valence-electron chi connectivity index (χ0n) is 17.7. The van der Waals surface area contributed by atoms with E-state index in [-0.39, 0.29) is 37.0 Å². The van der Waals surface area contributed by atoms with Crippen molar-refractivity contribution in [3.63, 3.8) is 0 Å². The van der Waals surface area contributed by atoms with Gasteiger partial charge in [-0.2, -0.15) is 5.26 Å². The van der Waals surface area contributed by atoms with Crippen LogP contribution in [0, 0.1) is 11.3 Å². The highest BCUT2D eigenvalue weighted by Gasteiger charge is 2.33. The van der Waals surface area contributed by atoms with Crippen LogP contribution in [-0.2, 0) is 28.8 Å². The summed E-state index contributed by atoms with van der Waals surface area (Å²) in [6, 6.07) is 5.79. The highest BCUT2D eigenvalue weighted by atomic mass is 32.1. The van der Waals surface area contributed by atoms with E-state index < -0.39 is 0 Å². The van der Waals surface area contributed by atoms with Crippen molar-refractivity contribution in [3.8, 4) is 6.07 Å². The molecule has 0 aromatic carbocycles. The number of carbonyl (C=O) groups excluding carboxylic acids is 2. The van der Waals surface area contributed by atoms with Gasteiger partial charge in [0, 0.05) is 41.5 Å². The van der Waals surface area contributed by atoms with Crippen molar-refractivity contribution in [1.82, 2.24) is 9.88 Å². The predicted molar refractivity (Wildman–Crippen MR) is 120 cm³/mol. The number of hydrogen-bond donors (Lipinski definition) is 1. The minimum absolute atomic E-state index is 0.0486. The molecule has 0 bridgehead atoms. The third kappa shape index (κ3) is 4.90. The van der Waals surface area contributed by atoms with Gasteiger partial charge in [0.15, 0.2) is 5.78 Å². The molecule has 4 rings (SSSR count). The molecule has 1 saturated heterocycles. The molecule has 0 radical (unpaired) electrons. The van der Waals surface area contributed by atoms with Crippen molar-refractivity contribution in [1.29, 1.82) is 5.26 Å². The van der Waals surface area contributed by atoms with Gasteiger partial charge in [-0.05, 0) is 55.0 Å². The third-order valence-corrected chi connectivity index (χ3v) is 7.23. The Morgan fingerprint density at radius 3 is 3.03 bits per heavy atom. The molecule has 1 amide bonds. The zero-order valence-corrected chi connectivity index (χ0v) is 18.5. The number of aliphatic hydroxyl groups is 1. The van der Waals surface area contributed by atoms with Gasteiger partial charge in [-0.15, -0.1) is 11.3 Å². The Bertz CT molecular complexity index is 1060. The number of aliphatic hydroxyl groups excluding tert-OH is 1. The Kier molecular flexibility index (Phi) is 6.98. The quantitative estimate of drug-likeness (QED) is 0.676. The Labute approximate surface area is 191 Å². The lowest BCUT2D eigenvalue weighted by Gasteiger charge is -2.27. The first-order valence-electron chi connectivity index (χ1n) is 10.8. The van der Waals surface area contributed by atoms with E-state index in [9.17, 15) is 20.0 Å². The standard InChI is InChI=1S/C24H25N3O4S/c25-13-21-20-8-7-19(31-24(30)27-10-2-4-17(27)15-28)12-23(20)32-22(21)11-18(29)6-5-16-3-1-9-26-14-16/h1,3,5-6,9,14,17,19,28H,2,4,7-8,10-12,15H2/b6-5+/t17-,19?/m0/s1. The van der Waals surface area contributed by atoms with E-state index in [1.807, 2.05) is 12.1 Å². The summed E-state index contributed by atoms with van der Waals surface area (Å²) in [4.78, 5) is 32.4. The van der Waals surface area contributed by atoms with Gasteiger partial charge in [0.05, 0.1) is 18.2 Å². The Morgan fingerprint density at radius 1 is 1.41 bits per heavy atom. The van der Waals surface area contributed by atoms with Crippen molar-refractivity contribution < 1.29 is 19.4 Å². The fourth-order valence-electron chi connectivity index (χ4n) is 4.32. The molecule has 1 aliphatic carbocycles. The van der Waals surface area contributed by atoms with Gasteiger partial charge in [0.2, 0.25) is 0 Å². The second-order valence-corrected chi connectivity index (χ2v) is 9.29. The zero-order chi connectivity index (χ0) is 22.5. The lowest BCUT2D eigenvalue weighted by molar-refractivity contribution is -0.113. The van der Waals surface area contributed by atoms with E-state index >= 15 is 0 Å². The molecule has 32 heavy (non-hydrogen) atoms. The lowest BCUT2D eigenvalue weighted by atomic mass is 9.92. The summed E-state index contributed by atoms with van der Waals surface area (Å²) >= 11 is 1.47. The topological polar surface area (TPSA) is 104 Å². The van der Waals surface area contributed by atoms with Crippen molar-refractivity contribution in [2.45, 2.75) is 50.7 Å². The van der Waals surface area contributed by atoms with Gasteiger partial charge in [-0.25, -0.2) is 4.79 Å². The number of amides is 1. The molecule has 2 aromatic heterocycles. The van der Waals surface area contributed by atoms with Crippen LogP contribution in [0.1, 0.15) is 45.7 Å². The molecule has 1 aliphatic heterocycles. The van der Waals surface area contributed by atoms with Gasteiger partial charge < -0.3 is 14.7 Å². The summed E-state index contributed by atoms with van der Waals surface area (Å²) in [6.07, 6.45) is 9.67. The minimum atomic E-state index is -0.372. The summed E-state index contributed by atoms with van der Waals surface area (Å²) in [6.45, 7) is 0.561. The highest BCUT2D eigenvalue weighted by Crippen LogP contribution is 2.36. The van der Waals surface area contributed by atoms with E-state index in [4.69, 9.17) is 4.74 Å². The number of allylic oxidation sites excluding steroid dienone is 1. The summed E-state index contributed by atoms with van der Waals surface area (Å²) in [7, 11) is 0. The molecular weight excluding hydrogens is 426 g/mol. The van der Waals surface area contributed by atoms with Crippen LogP contribution < -0.4 is 0 Å². The van der Waals surface area contributed by atoms with Crippen LogP contribution in [0.5, 0.6) is 0 Å². The molecule has 1 unspecified atom stereocenters. The van der Waals surface area contributed by atoms with Gasteiger partial charge in [-0.3, -0.25) is 9.78 Å². The normalized spacial score (nSPS) is 20.2. The lowest BCUT2D eigenvalue weighted by Crippen LogP contribution is -2.40. The maximum atomic E-state index is 12.5. The fourth-order valence-corrected chi connectivity index (χ4v) is 5.70. The SMILES string of the molecule is N#Cc1c(CC(=O)/C=C/c2cccnc2)sc2c1CCC(OC(=O)N1CCC[C@H]1CO)C2. The maximum absolute atomic E-state index is 12.5. The molecule has 2 aliphatic rings. The van der Waals surface area contributed by atoms with Gasteiger partial charge in [-0.1, -0.05) is 6.07 Å². The average Bonchev–Trinajstić information content (AvgIpc) is 3.42. The third-order valence-electron chi connectivity index (χ3n) is 5.98. The number of aromatic nitrogens is 1.